The van der Waals surface area contributed by atoms with E-state index in [4.69, 9.17) is 9.47 Å². The van der Waals surface area contributed by atoms with Crippen molar-refractivity contribution in [1.29, 1.82) is 0 Å². The fourth-order valence-electron chi connectivity index (χ4n) is 5.49. The zero-order chi connectivity index (χ0) is 40.7. The van der Waals surface area contributed by atoms with Crippen LogP contribution in [-0.2, 0) is 19.1 Å². The highest BCUT2D eigenvalue weighted by Gasteiger charge is 2.16. The van der Waals surface area contributed by atoms with Crippen molar-refractivity contribution in [3.05, 3.63) is 122 Å². The van der Waals surface area contributed by atoms with E-state index in [2.05, 4.69) is 135 Å². The summed E-state index contributed by atoms with van der Waals surface area (Å²) in [5.41, 5.74) is 0. The Morgan fingerprint density at radius 2 is 0.714 bits per heavy atom. The molecule has 0 aliphatic carbocycles. The minimum Gasteiger partial charge on any atom is -0.462 e. The van der Waals surface area contributed by atoms with Crippen molar-refractivity contribution in [2.24, 2.45) is 0 Å². The molecule has 0 amide bonds. The maximum Gasteiger partial charge on any atom is 0.306 e. The molecule has 0 spiro atoms. The van der Waals surface area contributed by atoms with Crippen molar-refractivity contribution in [1.82, 2.24) is 0 Å². The topological polar surface area (TPSA) is 72.8 Å². The van der Waals surface area contributed by atoms with Gasteiger partial charge in [0.2, 0.25) is 0 Å². The average molecular weight is 773 g/mol. The molecule has 0 bridgehead atoms. The van der Waals surface area contributed by atoms with Crippen LogP contribution in [0.4, 0.5) is 0 Å². The summed E-state index contributed by atoms with van der Waals surface area (Å²) < 4.78 is 10.6. The quantitative estimate of drug-likeness (QED) is 0.0384. The molecule has 0 radical (unpaired) electrons. The van der Waals surface area contributed by atoms with Crippen molar-refractivity contribution in [3.8, 4) is 0 Å². The molecule has 56 heavy (non-hydrogen) atoms. The third-order valence-electron chi connectivity index (χ3n) is 8.75. The van der Waals surface area contributed by atoms with E-state index in [9.17, 15) is 14.7 Å². The zero-order valence-corrected chi connectivity index (χ0v) is 35.6. The van der Waals surface area contributed by atoms with E-state index >= 15 is 0 Å². The summed E-state index contributed by atoms with van der Waals surface area (Å²) in [7, 11) is 0. The predicted molar refractivity (Wildman–Crippen MR) is 241 cm³/mol. The van der Waals surface area contributed by atoms with Gasteiger partial charge in [-0.15, -0.1) is 0 Å². The lowest BCUT2D eigenvalue weighted by atomic mass is 10.1. The molecular formula is C51H80O5. The number of esters is 2. The van der Waals surface area contributed by atoms with Gasteiger partial charge in [0.15, 0.2) is 6.10 Å². The van der Waals surface area contributed by atoms with Crippen molar-refractivity contribution in [3.63, 3.8) is 0 Å². The second-order valence-electron chi connectivity index (χ2n) is 14.0. The standard InChI is InChI=1S/C51H80O5/c1-3-5-7-9-11-13-15-17-19-21-23-24-25-26-28-30-32-34-36-38-40-42-44-46-51(54)56-49(47-52)48-55-50(53)45-43-41-39-37-35-33-31-29-27-22-20-18-16-14-12-10-8-6-4-2/h5-8,11-14,17-20,23-24,26-29,32,34,49,52H,3-4,9-10,15-16,21-22,25,30-31,33,35-48H2,1-2H3/b7-5-,8-6-,13-11-,14-12-,19-17-,20-18-,24-23-,28-26-,29-27-,34-32-. The molecule has 0 aromatic heterocycles. The summed E-state index contributed by atoms with van der Waals surface area (Å²) in [6, 6.07) is 0. The van der Waals surface area contributed by atoms with Crippen LogP contribution < -0.4 is 0 Å². The van der Waals surface area contributed by atoms with Gasteiger partial charge in [-0.3, -0.25) is 9.59 Å². The second kappa shape index (κ2) is 45.7. The van der Waals surface area contributed by atoms with Gasteiger partial charge < -0.3 is 14.6 Å². The summed E-state index contributed by atoms with van der Waals surface area (Å²) >= 11 is 0. The first-order chi connectivity index (χ1) is 27.6. The van der Waals surface area contributed by atoms with Gasteiger partial charge in [0.05, 0.1) is 6.61 Å². The molecule has 0 aromatic carbocycles. The summed E-state index contributed by atoms with van der Waals surface area (Å²) in [6.07, 6.45) is 66.9. The fraction of sp³-hybridized carbons (Fsp3) is 0.569. The third-order valence-corrected chi connectivity index (χ3v) is 8.75. The highest BCUT2D eigenvalue weighted by atomic mass is 16.6. The number of aliphatic hydroxyl groups excluding tert-OH is 1. The molecule has 0 rings (SSSR count). The Balaban J connectivity index is 3.68. The molecular weight excluding hydrogens is 693 g/mol. The highest BCUT2D eigenvalue weighted by Crippen LogP contribution is 2.11. The van der Waals surface area contributed by atoms with E-state index in [0.29, 0.717) is 12.8 Å². The lowest BCUT2D eigenvalue weighted by molar-refractivity contribution is -0.161. The van der Waals surface area contributed by atoms with Gasteiger partial charge in [-0.05, 0) is 103 Å². The number of carbonyl (C=O) groups is 2. The molecule has 1 N–H and O–H groups in total. The smallest absolute Gasteiger partial charge is 0.306 e. The van der Waals surface area contributed by atoms with Gasteiger partial charge in [-0.25, -0.2) is 0 Å². The van der Waals surface area contributed by atoms with Crippen LogP contribution in [0.3, 0.4) is 0 Å². The summed E-state index contributed by atoms with van der Waals surface area (Å²) in [6.45, 7) is 3.86. The van der Waals surface area contributed by atoms with Gasteiger partial charge in [-0.1, -0.05) is 174 Å². The Bertz CT molecular complexity index is 1190. The van der Waals surface area contributed by atoms with Crippen LogP contribution >= 0.6 is 0 Å². The zero-order valence-electron chi connectivity index (χ0n) is 35.6. The van der Waals surface area contributed by atoms with Crippen LogP contribution in [0.5, 0.6) is 0 Å². The number of hydrogen-bond donors (Lipinski definition) is 1. The number of ether oxygens (including phenoxy) is 2. The fourth-order valence-corrected chi connectivity index (χ4v) is 5.49. The Morgan fingerprint density at radius 3 is 1.07 bits per heavy atom. The molecule has 1 unspecified atom stereocenters. The molecule has 0 saturated carbocycles. The molecule has 0 aromatic rings. The van der Waals surface area contributed by atoms with Crippen molar-refractivity contribution < 1.29 is 24.2 Å². The van der Waals surface area contributed by atoms with Crippen molar-refractivity contribution >= 4 is 11.9 Å². The van der Waals surface area contributed by atoms with Gasteiger partial charge in [0.1, 0.15) is 6.61 Å². The van der Waals surface area contributed by atoms with Gasteiger partial charge in [0, 0.05) is 12.8 Å². The van der Waals surface area contributed by atoms with Crippen molar-refractivity contribution in [2.45, 2.75) is 174 Å². The Hall–Kier alpha value is -3.70. The van der Waals surface area contributed by atoms with Crippen LogP contribution in [0, 0.1) is 0 Å². The molecule has 1 atom stereocenters. The van der Waals surface area contributed by atoms with E-state index in [1.165, 1.54) is 19.3 Å². The second-order valence-corrected chi connectivity index (χ2v) is 14.0. The first-order valence-electron chi connectivity index (χ1n) is 22.1. The maximum absolute atomic E-state index is 12.2. The molecule has 0 fully saturated rings. The lowest BCUT2D eigenvalue weighted by Crippen LogP contribution is -2.28. The average Bonchev–Trinajstić information content (AvgIpc) is 3.20. The summed E-state index contributed by atoms with van der Waals surface area (Å²) in [4.78, 5) is 24.4. The third kappa shape index (κ3) is 43.0. The molecule has 5 nitrogen and oxygen atoms in total. The Morgan fingerprint density at radius 1 is 0.411 bits per heavy atom. The van der Waals surface area contributed by atoms with Crippen LogP contribution in [-0.4, -0.2) is 36.4 Å². The molecule has 0 aliphatic rings. The number of rotatable bonds is 38. The highest BCUT2D eigenvalue weighted by molar-refractivity contribution is 5.70. The van der Waals surface area contributed by atoms with Gasteiger partial charge in [-0.2, -0.15) is 0 Å². The molecule has 0 aliphatic heterocycles. The number of aliphatic hydroxyl groups is 1. The number of carbonyl (C=O) groups excluding carboxylic acids is 2. The number of allylic oxidation sites excluding steroid dienone is 20. The molecule has 0 heterocycles. The maximum atomic E-state index is 12.2. The van der Waals surface area contributed by atoms with E-state index in [1.807, 2.05) is 0 Å². The normalized spacial score (nSPS) is 13.4. The minimum atomic E-state index is -0.801. The summed E-state index contributed by atoms with van der Waals surface area (Å²) in [5.74, 6) is -0.648. The molecule has 314 valence electrons. The van der Waals surface area contributed by atoms with Crippen LogP contribution in [0.15, 0.2) is 122 Å². The molecule has 5 heteroatoms. The van der Waals surface area contributed by atoms with Crippen LogP contribution in [0.25, 0.3) is 0 Å². The predicted octanol–water partition coefficient (Wildman–Crippen LogP) is 14.4. The van der Waals surface area contributed by atoms with Crippen LogP contribution in [0.1, 0.15) is 168 Å². The number of hydrogen-bond acceptors (Lipinski definition) is 5. The van der Waals surface area contributed by atoms with E-state index in [-0.39, 0.29) is 25.2 Å². The minimum absolute atomic E-state index is 0.0929. The summed E-state index contributed by atoms with van der Waals surface area (Å²) in [5, 5.41) is 9.59. The first-order valence-corrected chi connectivity index (χ1v) is 22.1. The monoisotopic (exact) mass is 773 g/mol. The Labute approximate surface area is 343 Å². The first kappa shape index (κ1) is 52.3. The van der Waals surface area contributed by atoms with E-state index in [0.717, 1.165) is 122 Å². The van der Waals surface area contributed by atoms with Gasteiger partial charge in [0.25, 0.3) is 0 Å². The van der Waals surface area contributed by atoms with Crippen LogP contribution in [0.2, 0.25) is 0 Å². The largest absolute Gasteiger partial charge is 0.462 e. The SMILES string of the molecule is CC/C=C\C/C=C\C/C=C\C/C=C\C/C=C\C/C=C\CCCCCCC(=O)OC(CO)COC(=O)CCCCCCCC/C=C\C/C=C\C/C=C\C/C=C\CC. The van der Waals surface area contributed by atoms with E-state index in [1.54, 1.807) is 0 Å². The molecule has 0 saturated heterocycles. The Kier molecular flexibility index (Phi) is 42.7. The lowest BCUT2D eigenvalue weighted by Gasteiger charge is -2.15. The number of unbranched alkanes of at least 4 members (excludes halogenated alkanes) is 10. The van der Waals surface area contributed by atoms with Crippen molar-refractivity contribution in [2.75, 3.05) is 13.2 Å². The van der Waals surface area contributed by atoms with Gasteiger partial charge >= 0.3 is 11.9 Å². The van der Waals surface area contributed by atoms with E-state index < -0.39 is 6.10 Å².